The molecule has 1 heterocycles. The molecule has 0 N–H and O–H groups in total. The van der Waals surface area contributed by atoms with Crippen molar-refractivity contribution in [3.8, 4) is 0 Å². The average molecular weight is 246 g/mol. The standard InChI is InChI=1S/C14H18N2O2/c1-12(13-6-4-3-5-7-13)14(17)18-16-10-8-15(2)9-11-16/h3-7H,1,8-11H2,2H3. The number of hydrogen-bond donors (Lipinski definition) is 0. The van der Waals surface area contributed by atoms with Crippen LogP contribution in [0.1, 0.15) is 5.56 Å². The highest BCUT2D eigenvalue weighted by molar-refractivity contribution is 6.15. The van der Waals surface area contributed by atoms with Gasteiger partial charge < -0.3 is 9.74 Å². The Hall–Kier alpha value is -1.65. The molecule has 4 heteroatoms. The quantitative estimate of drug-likeness (QED) is 0.755. The first-order chi connectivity index (χ1) is 8.66. The Labute approximate surface area is 107 Å². The molecule has 0 bridgehead atoms. The van der Waals surface area contributed by atoms with Crippen LogP contribution in [0.25, 0.3) is 5.57 Å². The van der Waals surface area contributed by atoms with Gasteiger partial charge in [0.05, 0.1) is 5.57 Å². The molecule has 1 fully saturated rings. The summed E-state index contributed by atoms with van der Waals surface area (Å²) in [5.74, 6) is -0.370. The van der Waals surface area contributed by atoms with Crippen LogP contribution in [-0.4, -0.2) is 49.2 Å². The van der Waals surface area contributed by atoms with Crippen molar-refractivity contribution in [3.05, 3.63) is 42.5 Å². The molecule has 2 rings (SSSR count). The van der Waals surface area contributed by atoms with Gasteiger partial charge in [0.2, 0.25) is 0 Å². The summed E-state index contributed by atoms with van der Waals surface area (Å²) in [5, 5.41) is 1.70. The summed E-state index contributed by atoms with van der Waals surface area (Å²) in [4.78, 5) is 19.4. The highest BCUT2D eigenvalue weighted by Crippen LogP contribution is 2.14. The van der Waals surface area contributed by atoms with Gasteiger partial charge in [-0.2, -0.15) is 0 Å². The van der Waals surface area contributed by atoms with Gasteiger partial charge in [0.15, 0.2) is 0 Å². The van der Waals surface area contributed by atoms with Crippen molar-refractivity contribution in [3.63, 3.8) is 0 Å². The SMILES string of the molecule is C=C(C(=O)ON1CCN(C)CC1)c1ccccc1. The van der Waals surface area contributed by atoms with E-state index in [0.717, 1.165) is 31.7 Å². The second-order valence-electron chi connectivity index (χ2n) is 4.46. The third-order valence-electron chi connectivity index (χ3n) is 3.04. The Morgan fingerprint density at radius 1 is 1.17 bits per heavy atom. The minimum Gasteiger partial charge on any atom is -0.364 e. The molecule has 18 heavy (non-hydrogen) atoms. The fourth-order valence-corrected chi connectivity index (χ4v) is 1.81. The zero-order valence-electron chi connectivity index (χ0n) is 10.6. The molecule has 96 valence electrons. The third kappa shape index (κ3) is 3.18. The fourth-order valence-electron chi connectivity index (χ4n) is 1.81. The summed E-state index contributed by atoms with van der Waals surface area (Å²) in [5.41, 5.74) is 1.20. The summed E-state index contributed by atoms with van der Waals surface area (Å²) in [7, 11) is 2.06. The van der Waals surface area contributed by atoms with Crippen molar-refractivity contribution in [2.45, 2.75) is 0 Å². The molecular weight excluding hydrogens is 228 g/mol. The molecule has 1 aromatic carbocycles. The van der Waals surface area contributed by atoms with E-state index in [9.17, 15) is 4.79 Å². The van der Waals surface area contributed by atoms with Crippen molar-refractivity contribution in [2.24, 2.45) is 0 Å². The van der Waals surface area contributed by atoms with Crippen LogP contribution in [0.2, 0.25) is 0 Å². The maximum Gasteiger partial charge on any atom is 0.357 e. The number of likely N-dealkylation sites (N-methyl/N-ethyl adjacent to an activating group) is 1. The topological polar surface area (TPSA) is 32.8 Å². The van der Waals surface area contributed by atoms with Crippen molar-refractivity contribution in [2.75, 3.05) is 33.2 Å². The first kappa shape index (κ1) is 12.8. The Morgan fingerprint density at radius 2 is 1.78 bits per heavy atom. The summed E-state index contributed by atoms with van der Waals surface area (Å²) < 4.78 is 0. The Kier molecular flexibility index (Phi) is 4.12. The second-order valence-corrected chi connectivity index (χ2v) is 4.46. The zero-order chi connectivity index (χ0) is 13.0. The van der Waals surface area contributed by atoms with Crippen molar-refractivity contribution in [1.29, 1.82) is 0 Å². The van der Waals surface area contributed by atoms with Gasteiger partial charge in [0, 0.05) is 26.2 Å². The predicted octanol–water partition coefficient (Wildman–Crippen LogP) is 1.41. The van der Waals surface area contributed by atoms with Crippen LogP contribution >= 0.6 is 0 Å². The van der Waals surface area contributed by atoms with E-state index in [-0.39, 0.29) is 5.97 Å². The number of benzene rings is 1. The molecular formula is C14H18N2O2. The van der Waals surface area contributed by atoms with Crippen molar-refractivity contribution >= 4 is 11.5 Å². The molecule has 0 amide bonds. The van der Waals surface area contributed by atoms with E-state index >= 15 is 0 Å². The van der Waals surface area contributed by atoms with E-state index in [1.165, 1.54) is 0 Å². The first-order valence-corrected chi connectivity index (χ1v) is 6.07. The van der Waals surface area contributed by atoms with Crippen LogP contribution in [0.3, 0.4) is 0 Å². The van der Waals surface area contributed by atoms with Gasteiger partial charge in [0.25, 0.3) is 0 Å². The highest BCUT2D eigenvalue weighted by Gasteiger charge is 2.19. The Morgan fingerprint density at radius 3 is 2.39 bits per heavy atom. The summed E-state index contributed by atoms with van der Waals surface area (Å²) in [6.07, 6.45) is 0. The molecule has 1 aliphatic heterocycles. The molecule has 0 atom stereocenters. The molecule has 0 aliphatic carbocycles. The van der Waals surface area contributed by atoms with Crippen LogP contribution in [0, 0.1) is 0 Å². The minimum atomic E-state index is -0.370. The molecule has 4 nitrogen and oxygen atoms in total. The van der Waals surface area contributed by atoms with E-state index in [4.69, 9.17) is 4.84 Å². The van der Waals surface area contributed by atoms with Crippen LogP contribution < -0.4 is 0 Å². The number of carbonyl (C=O) groups excluding carboxylic acids is 1. The molecule has 0 radical (unpaired) electrons. The zero-order valence-corrected chi connectivity index (χ0v) is 10.6. The molecule has 1 saturated heterocycles. The fraction of sp³-hybridized carbons (Fsp3) is 0.357. The van der Waals surface area contributed by atoms with Crippen LogP contribution in [0.15, 0.2) is 36.9 Å². The van der Waals surface area contributed by atoms with Gasteiger partial charge in [-0.25, -0.2) is 4.79 Å². The monoisotopic (exact) mass is 246 g/mol. The Bertz CT molecular complexity index is 423. The molecule has 0 spiro atoms. The number of rotatable bonds is 3. The first-order valence-electron chi connectivity index (χ1n) is 6.07. The second kappa shape index (κ2) is 5.80. The lowest BCUT2D eigenvalue weighted by atomic mass is 10.1. The van der Waals surface area contributed by atoms with E-state index in [0.29, 0.717) is 5.57 Å². The summed E-state index contributed by atoms with van der Waals surface area (Å²) >= 11 is 0. The lowest BCUT2D eigenvalue weighted by Crippen LogP contribution is -2.45. The molecule has 1 aliphatic rings. The highest BCUT2D eigenvalue weighted by atomic mass is 16.7. The van der Waals surface area contributed by atoms with Gasteiger partial charge in [-0.15, -0.1) is 5.06 Å². The van der Waals surface area contributed by atoms with E-state index in [1.54, 1.807) is 5.06 Å². The van der Waals surface area contributed by atoms with Crippen molar-refractivity contribution < 1.29 is 9.63 Å². The lowest BCUT2D eigenvalue weighted by molar-refractivity contribution is -0.189. The number of nitrogens with zero attached hydrogens (tertiary/aromatic N) is 2. The van der Waals surface area contributed by atoms with Gasteiger partial charge in [-0.3, -0.25) is 0 Å². The van der Waals surface area contributed by atoms with Gasteiger partial charge in [-0.05, 0) is 12.6 Å². The average Bonchev–Trinajstić information content (AvgIpc) is 2.41. The lowest BCUT2D eigenvalue weighted by Gasteiger charge is -2.30. The maximum absolute atomic E-state index is 11.9. The van der Waals surface area contributed by atoms with Gasteiger partial charge in [0.1, 0.15) is 0 Å². The number of hydroxylamine groups is 2. The van der Waals surface area contributed by atoms with Crippen LogP contribution in [0.5, 0.6) is 0 Å². The molecule has 0 aromatic heterocycles. The predicted molar refractivity (Wildman–Crippen MR) is 70.6 cm³/mol. The molecule has 1 aromatic rings. The van der Waals surface area contributed by atoms with Gasteiger partial charge in [-0.1, -0.05) is 36.9 Å². The summed E-state index contributed by atoms with van der Waals surface area (Å²) in [6, 6.07) is 9.37. The van der Waals surface area contributed by atoms with E-state index in [2.05, 4.69) is 18.5 Å². The minimum absolute atomic E-state index is 0.370. The number of carbonyl (C=O) groups is 1. The summed E-state index contributed by atoms with van der Waals surface area (Å²) in [6.45, 7) is 7.09. The van der Waals surface area contributed by atoms with E-state index < -0.39 is 0 Å². The number of piperazine rings is 1. The van der Waals surface area contributed by atoms with Crippen LogP contribution in [0.4, 0.5) is 0 Å². The van der Waals surface area contributed by atoms with Crippen molar-refractivity contribution in [1.82, 2.24) is 9.96 Å². The number of hydrogen-bond acceptors (Lipinski definition) is 4. The Balaban J connectivity index is 1.90. The van der Waals surface area contributed by atoms with E-state index in [1.807, 2.05) is 30.3 Å². The molecule has 0 unspecified atom stereocenters. The third-order valence-corrected chi connectivity index (χ3v) is 3.04. The maximum atomic E-state index is 11.9. The normalized spacial score (nSPS) is 17.4. The van der Waals surface area contributed by atoms with Gasteiger partial charge >= 0.3 is 5.97 Å². The largest absolute Gasteiger partial charge is 0.364 e. The molecule has 0 saturated carbocycles. The van der Waals surface area contributed by atoms with Crippen LogP contribution in [-0.2, 0) is 9.63 Å². The smallest absolute Gasteiger partial charge is 0.357 e.